The maximum Gasteiger partial charge on any atom is 0.320 e. The minimum atomic E-state index is -0.965. The standard InChI is InChI=1S/C13H18N2O3S/c1-10(13(17)18)15-9-12(16)14-7-8-19-11-5-3-2-4-6-11/h2-6,10,15H,7-9H2,1H3,(H,14,16)(H,17,18)/t10-/m0/s1. The Bertz CT molecular complexity index is 412. The van der Waals surface area contributed by atoms with E-state index >= 15 is 0 Å². The molecule has 0 aliphatic carbocycles. The van der Waals surface area contributed by atoms with Crippen LogP contribution in [0.3, 0.4) is 0 Å². The molecule has 0 bridgehead atoms. The summed E-state index contributed by atoms with van der Waals surface area (Å²) in [6.07, 6.45) is 0. The Labute approximate surface area is 116 Å². The third-order valence-corrected chi connectivity index (χ3v) is 3.39. The molecule has 0 unspecified atom stereocenters. The first kappa shape index (κ1) is 15.5. The maximum absolute atomic E-state index is 11.4. The van der Waals surface area contributed by atoms with Crippen LogP contribution in [0.15, 0.2) is 35.2 Å². The van der Waals surface area contributed by atoms with Crippen molar-refractivity contribution in [2.45, 2.75) is 17.9 Å². The van der Waals surface area contributed by atoms with E-state index < -0.39 is 12.0 Å². The monoisotopic (exact) mass is 282 g/mol. The number of carbonyl (C=O) groups excluding carboxylic acids is 1. The molecule has 104 valence electrons. The van der Waals surface area contributed by atoms with E-state index in [1.165, 1.54) is 6.92 Å². The molecule has 0 spiro atoms. The van der Waals surface area contributed by atoms with E-state index in [0.29, 0.717) is 6.54 Å². The van der Waals surface area contributed by atoms with Crippen molar-refractivity contribution >= 4 is 23.6 Å². The third kappa shape index (κ3) is 6.83. The van der Waals surface area contributed by atoms with E-state index in [0.717, 1.165) is 10.6 Å². The highest BCUT2D eigenvalue weighted by Crippen LogP contribution is 2.15. The first-order valence-electron chi connectivity index (χ1n) is 6.00. The molecule has 0 aliphatic heterocycles. The number of rotatable bonds is 8. The second kappa shape index (κ2) is 8.55. The van der Waals surface area contributed by atoms with Crippen molar-refractivity contribution in [2.24, 2.45) is 0 Å². The van der Waals surface area contributed by atoms with Crippen LogP contribution in [0, 0.1) is 0 Å². The average Bonchev–Trinajstić information content (AvgIpc) is 2.42. The molecule has 3 N–H and O–H groups in total. The van der Waals surface area contributed by atoms with Crippen molar-refractivity contribution in [3.63, 3.8) is 0 Å². The normalized spacial score (nSPS) is 11.8. The minimum Gasteiger partial charge on any atom is -0.480 e. The number of hydrogen-bond donors (Lipinski definition) is 3. The lowest BCUT2D eigenvalue weighted by molar-refractivity contribution is -0.139. The Hall–Kier alpha value is -1.53. The topological polar surface area (TPSA) is 78.4 Å². The second-order valence-electron chi connectivity index (χ2n) is 3.95. The zero-order chi connectivity index (χ0) is 14.1. The Morgan fingerprint density at radius 3 is 2.63 bits per heavy atom. The molecule has 1 rings (SSSR count). The van der Waals surface area contributed by atoms with Gasteiger partial charge in [-0.1, -0.05) is 18.2 Å². The van der Waals surface area contributed by atoms with Gasteiger partial charge in [0.15, 0.2) is 0 Å². The molecule has 0 fully saturated rings. The molecule has 1 amide bonds. The van der Waals surface area contributed by atoms with Crippen LogP contribution in [0.2, 0.25) is 0 Å². The summed E-state index contributed by atoms with van der Waals surface area (Å²) in [5, 5.41) is 14.0. The van der Waals surface area contributed by atoms with Gasteiger partial charge in [-0.05, 0) is 19.1 Å². The van der Waals surface area contributed by atoms with Crippen LogP contribution < -0.4 is 10.6 Å². The van der Waals surface area contributed by atoms with Crippen molar-refractivity contribution in [3.8, 4) is 0 Å². The molecule has 1 aromatic rings. The Balaban J connectivity index is 2.09. The fourth-order valence-electron chi connectivity index (χ4n) is 1.27. The van der Waals surface area contributed by atoms with Gasteiger partial charge in [0.05, 0.1) is 6.54 Å². The maximum atomic E-state index is 11.4. The summed E-state index contributed by atoms with van der Waals surface area (Å²) in [5.41, 5.74) is 0. The Kier molecular flexibility index (Phi) is 6.99. The van der Waals surface area contributed by atoms with Crippen LogP contribution in [0.4, 0.5) is 0 Å². The SMILES string of the molecule is C[C@H](NCC(=O)NCCSc1ccccc1)C(=O)O. The molecule has 0 aliphatic rings. The van der Waals surface area contributed by atoms with Gasteiger partial charge in [-0.2, -0.15) is 0 Å². The van der Waals surface area contributed by atoms with Gasteiger partial charge in [-0.3, -0.25) is 14.9 Å². The summed E-state index contributed by atoms with van der Waals surface area (Å²) < 4.78 is 0. The smallest absolute Gasteiger partial charge is 0.320 e. The summed E-state index contributed by atoms with van der Waals surface area (Å²) in [6, 6.07) is 9.21. The number of nitrogens with one attached hydrogen (secondary N) is 2. The highest BCUT2D eigenvalue weighted by Gasteiger charge is 2.11. The zero-order valence-corrected chi connectivity index (χ0v) is 11.6. The first-order valence-corrected chi connectivity index (χ1v) is 6.99. The zero-order valence-electron chi connectivity index (χ0n) is 10.8. The van der Waals surface area contributed by atoms with Gasteiger partial charge in [0.2, 0.25) is 5.91 Å². The van der Waals surface area contributed by atoms with Gasteiger partial charge >= 0.3 is 5.97 Å². The molecule has 19 heavy (non-hydrogen) atoms. The van der Waals surface area contributed by atoms with Crippen molar-refractivity contribution in [1.29, 1.82) is 0 Å². The number of amides is 1. The lowest BCUT2D eigenvalue weighted by Crippen LogP contribution is -2.41. The first-order chi connectivity index (χ1) is 9.09. The molecule has 0 radical (unpaired) electrons. The molecule has 5 nitrogen and oxygen atoms in total. The van der Waals surface area contributed by atoms with Gasteiger partial charge in [0.25, 0.3) is 0 Å². The highest BCUT2D eigenvalue weighted by molar-refractivity contribution is 7.99. The number of carbonyl (C=O) groups is 2. The third-order valence-electron chi connectivity index (χ3n) is 2.38. The van der Waals surface area contributed by atoms with Crippen molar-refractivity contribution in [1.82, 2.24) is 10.6 Å². The van der Waals surface area contributed by atoms with Gasteiger partial charge in [-0.15, -0.1) is 11.8 Å². The molecule has 0 aromatic heterocycles. The lowest BCUT2D eigenvalue weighted by atomic mass is 10.3. The number of carboxylic acid groups (broad SMARTS) is 1. The average molecular weight is 282 g/mol. The van der Waals surface area contributed by atoms with Crippen molar-refractivity contribution in [3.05, 3.63) is 30.3 Å². The molecular formula is C13H18N2O3S. The fourth-order valence-corrected chi connectivity index (χ4v) is 2.06. The van der Waals surface area contributed by atoms with E-state index in [2.05, 4.69) is 10.6 Å². The molecule has 1 aromatic carbocycles. The number of benzene rings is 1. The van der Waals surface area contributed by atoms with E-state index in [9.17, 15) is 9.59 Å². The Morgan fingerprint density at radius 2 is 2.00 bits per heavy atom. The van der Waals surface area contributed by atoms with Gasteiger partial charge in [0, 0.05) is 17.2 Å². The molecule has 6 heteroatoms. The molecule has 0 saturated heterocycles. The van der Waals surface area contributed by atoms with E-state index in [4.69, 9.17) is 5.11 Å². The van der Waals surface area contributed by atoms with Crippen molar-refractivity contribution < 1.29 is 14.7 Å². The van der Waals surface area contributed by atoms with Gasteiger partial charge in [-0.25, -0.2) is 0 Å². The molecule has 0 heterocycles. The predicted molar refractivity (Wildman–Crippen MR) is 75.3 cm³/mol. The second-order valence-corrected chi connectivity index (χ2v) is 5.12. The van der Waals surface area contributed by atoms with Crippen LogP contribution in [0.5, 0.6) is 0 Å². The summed E-state index contributed by atoms with van der Waals surface area (Å²) in [5.74, 6) is -0.376. The molecule has 0 saturated carbocycles. The van der Waals surface area contributed by atoms with E-state index in [1.807, 2.05) is 30.3 Å². The van der Waals surface area contributed by atoms with Crippen LogP contribution >= 0.6 is 11.8 Å². The van der Waals surface area contributed by atoms with Crippen LogP contribution in [0.25, 0.3) is 0 Å². The summed E-state index contributed by atoms with van der Waals surface area (Å²) >= 11 is 1.66. The van der Waals surface area contributed by atoms with Gasteiger partial charge in [0.1, 0.15) is 6.04 Å². The summed E-state index contributed by atoms with van der Waals surface area (Å²) in [6.45, 7) is 2.08. The van der Waals surface area contributed by atoms with Crippen LogP contribution in [0.1, 0.15) is 6.92 Å². The highest BCUT2D eigenvalue weighted by atomic mass is 32.2. The molecular weight excluding hydrogens is 264 g/mol. The fraction of sp³-hybridized carbons (Fsp3) is 0.385. The van der Waals surface area contributed by atoms with Crippen molar-refractivity contribution in [2.75, 3.05) is 18.8 Å². The Morgan fingerprint density at radius 1 is 1.32 bits per heavy atom. The van der Waals surface area contributed by atoms with Crippen LogP contribution in [-0.4, -0.2) is 41.9 Å². The quantitative estimate of drug-likeness (QED) is 0.489. The largest absolute Gasteiger partial charge is 0.480 e. The van der Waals surface area contributed by atoms with E-state index in [-0.39, 0.29) is 12.5 Å². The van der Waals surface area contributed by atoms with E-state index in [1.54, 1.807) is 11.8 Å². The molecule has 1 atom stereocenters. The summed E-state index contributed by atoms with van der Waals surface area (Å²) in [4.78, 5) is 23.1. The summed E-state index contributed by atoms with van der Waals surface area (Å²) in [7, 11) is 0. The van der Waals surface area contributed by atoms with Crippen LogP contribution in [-0.2, 0) is 9.59 Å². The number of hydrogen-bond acceptors (Lipinski definition) is 4. The number of carboxylic acids is 1. The minimum absolute atomic E-state index is 0.0173. The number of thioether (sulfide) groups is 1. The predicted octanol–water partition coefficient (Wildman–Crippen LogP) is 0.958. The van der Waals surface area contributed by atoms with Gasteiger partial charge < -0.3 is 10.4 Å². The lowest BCUT2D eigenvalue weighted by Gasteiger charge is -2.09. The number of aliphatic carboxylic acids is 1.